The lowest BCUT2D eigenvalue weighted by molar-refractivity contribution is 0.522. The fourth-order valence-electron chi connectivity index (χ4n) is 3.94. The summed E-state index contributed by atoms with van der Waals surface area (Å²) in [6, 6.07) is 17.8. The molecule has 4 nitrogen and oxygen atoms in total. The quantitative estimate of drug-likeness (QED) is 0.561. The molecular formula is C21H20N4. The van der Waals surface area contributed by atoms with E-state index < -0.39 is 0 Å². The van der Waals surface area contributed by atoms with Crippen molar-refractivity contribution >= 4 is 10.9 Å². The summed E-state index contributed by atoms with van der Waals surface area (Å²) in [5.74, 6) is 0.985. The zero-order valence-electron chi connectivity index (χ0n) is 14.0. The maximum Gasteiger partial charge on any atom is 0.164 e. The number of aromatic amines is 1. The van der Waals surface area contributed by atoms with E-state index in [0.717, 1.165) is 11.4 Å². The Balaban J connectivity index is 1.48. The van der Waals surface area contributed by atoms with Crippen LogP contribution in [0.5, 0.6) is 0 Å². The van der Waals surface area contributed by atoms with Gasteiger partial charge < -0.3 is 9.55 Å². The predicted molar refractivity (Wildman–Crippen MR) is 100 cm³/mol. The Bertz CT molecular complexity index is 1000. The molecule has 0 saturated heterocycles. The molecule has 0 atom stereocenters. The monoisotopic (exact) mass is 328 g/mol. The molecule has 124 valence electrons. The lowest BCUT2D eigenvalue weighted by Gasteiger charge is -2.13. The Hall–Kier alpha value is -2.88. The minimum absolute atomic E-state index is 0.556. The van der Waals surface area contributed by atoms with Gasteiger partial charge >= 0.3 is 0 Å². The number of aromatic nitrogens is 4. The lowest BCUT2D eigenvalue weighted by atomic mass is 10.0. The third kappa shape index (κ3) is 2.54. The summed E-state index contributed by atoms with van der Waals surface area (Å²) in [5.41, 5.74) is 4.74. The van der Waals surface area contributed by atoms with Gasteiger partial charge in [0.15, 0.2) is 5.82 Å². The first kappa shape index (κ1) is 14.5. The molecule has 0 bridgehead atoms. The third-order valence-electron chi connectivity index (χ3n) is 5.32. The molecule has 2 heterocycles. The van der Waals surface area contributed by atoms with Crippen molar-refractivity contribution in [3.05, 3.63) is 61.1 Å². The van der Waals surface area contributed by atoms with Crippen LogP contribution < -0.4 is 0 Å². The summed E-state index contributed by atoms with van der Waals surface area (Å²) in [7, 11) is 0. The number of hydrogen-bond donors (Lipinski definition) is 1. The molecule has 0 radical (unpaired) electrons. The standard InChI is InChI=1S/C21H20N4/c1-2-4-19(3-1)25-14-23-24-21(25)17-8-5-15(6-9-17)18-10-7-16-11-12-22-20(16)13-18/h5-14,19,22H,1-4H2. The van der Waals surface area contributed by atoms with E-state index in [2.05, 4.69) is 68.3 Å². The first-order valence-corrected chi connectivity index (χ1v) is 8.96. The van der Waals surface area contributed by atoms with E-state index in [1.807, 2.05) is 12.5 Å². The summed E-state index contributed by atoms with van der Waals surface area (Å²) >= 11 is 0. The first-order chi connectivity index (χ1) is 12.4. The van der Waals surface area contributed by atoms with Crippen LogP contribution >= 0.6 is 0 Å². The minimum Gasteiger partial charge on any atom is -0.361 e. The fourth-order valence-corrected chi connectivity index (χ4v) is 3.94. The second-order valence-corrected chi connectivity index (χ2v) is 6.86. The number of nitrogens with zero attached hydrogens (tertiary/aromatic N) is 3. The Kier molecular flexibility index (Phi) is 3.40. The largest absolute Gasteiger partial charge is 0.361 e. The summed E-state index contributed by atoms with van der Waals surface area (Å²) in [6.45, 7) is 0. The third-order valence-corrected chi connectivity index (χ3v) is 5.32. The van der Waals surface area contributed by atoms with Gasteiger partial charge in [0, 0.05) is 23.3 Å². The van der Waals surface area contributed by atoms with Gasteiger partial charge in [-0.2, -0.15) is 0 Å². The number of nitrogens with one attached hydrogen (secondary N) is 1. The molecule has 4 heteroatoms. The molecule has 1 N–H and O–H groups in total. The Morgan fingerprint density at radius 3 is 2.48 bits per heavy atom. The zero-order chi connectivity index (χ0) is 16.6. The van der Waals surface area contributed by atoms with Gasteiger partial charge in [-0.3, -0.25) is 0 Å². The van der Waals surface area contributed by atoms with Crippen LogP contribution in [0.3, 0.4) is 0 Å². The highest BCUT2D eigenvalue weighted by Gasteiger charge is 2.20. The van der Waals surface area contributed by atoms with Crippen molar-refractivity contribution in [1.29, 1.82) is 0 Å². The number of benzene rings is 2. The van der Waals surface area contributed by atoms with Crippen LogP contribution in [0, 0.1) is 0 Å². The lowest BCUT2D eigenvalue weighted by Crippen LogP contribution is -2.05. The highest BCUT2D eigenvalue weighted by atomic mass is 15.3. The van der Waals surface area contributed by atoms with Crippen molar-refractivity contribution in [3.8, 4) is 22.5 Å². The van der Waals surface area contributed by atoms with Crippen LogP contribution in [-0.2, 0) is 0 Å². The van der Waals surface area contributed by atoms with Gasteiger partial charge in [0.05, 0.1) is 0 Å². The minimum atomic E-state index is 0.556. The van der Waals surface area contributed by atoms with Crippen LogP contribution in [-0.4, -0.2) is 19.7 Å². The van der Waals surface area contributed by atoms with Crippen molar-refractivity contribution in [2.75, 3.05) is 0 Å². The van der Waals surface area contributed by atoms with Gasteiger partial charge in [0.25, 0.3) is 0 Å². The Morgan fingerprint density at radius 2 is 1.64 bits per heavy atom. The van der Waals surface area contributed by atoms with Crippen molar-refractivity contribution in [2.45, 2.75) is 31.7 Å². The van der Waals surface area contributed by atoms with E-state index in [4.69, 9.17) is 0 Å². The average Bonchev–Trinajstić information content (AvgIpc) is 3.41. The molecule has 1 aliphatic carbocycles. The molecule has 1 aliphatic rings. The van der Waals surface area contributed by atoms with Crippen LogP contribution in [0.15, 0.2) is 61.1 Å². The molecule has 0 amide bonds. The maximum atomic E-state index is 4.38. The number of fused-ring (bicyclic) bond motifs is 1. The van der Waals surface area contributed by atoms with E-state index >= 15 is 0 Å². The first-order valence-electron chi connectivity index (χ1n) is 8.96. The Labute approximate surface area is 146 Å². The average molecular weight is 328 g/mol. The van der Waals surface area contributed by atoms with Gasteiger partial charge in [0.1, 0.15) is 6.33 Å². The fraction of sp³-hybridized carbons (Fsp3) is 0.238. The van der Waals surface area contributed by atoms with E-state index in [-0.39, 0.29) is 0 Å². The van der Waals surface area contributed by atoms with Crippen LogP contribution in [0.2, 0.25) is 0 Å². The smallest absolute Gasteiger partial charge is 0.164 e. The molecule has 25 heavy (non-hydrogen) atoms. The molecule has 1 fully saturated rings. The Morgan fingerprint density at radius 1 is 0.880 bits per heavy atom. The summed E-state index contributed by atoms with van der Waals surface area (Å²) in [5, 5.41) is 9.78. The molecule has 2 aromatic carbocycles. The highest BCUT2D eigenvalue weighted by molar-refractivity contribution is 5.85. The van der Waals surface area contributed by atoms with Crippen molar-refractivity contribution < 1.29 is 0 Å². The number of H-pyrrole nitrogens is 1. The molecule has 0 spiro atoms. The van der Waals surface area contributed by atoms with Gasteiger partial charge in [-0.25, -0.2) is 0 Å². The van der Waals surface area contributed by atoms with Crippen LogP contribution in [0.1, 0.15) is 31.7 Å². The second kappa shape index (κ2) is 5.88. The molecule has 0 aliphatic heterocycles. The second-order valence-electron chi connectivity index (χ2n) is 6.86. The van der Waals surface area contributed by atoms with Crippen LogP contribution in [0.4, 0.5) is 0 Å². The normalized spacial score (nSPS) is 15.2. The van der Waals surface area contributed by atoms with Crippen molar-refractivity contribution in [3.63, 3.8) is 0 Å². The molecule has 1 saturated carbocycles. The SMILES string of the molecule is c1cc2ccc(-c3ccc(-c4nncn4C4CCCC4)cc3)cc2[nH]1. The van der Waals surface area contributed by atoms with Gasteiger partial charge in [-0.05, 0) is 41.5 Å². The summed E-state index contributed by atoms with van der Waals surface area (Å²) < 4.78 is 2.26. The van der Waals surface area contributed by atoms with Crippen LogP contribution in [0.25, 0.3) is 33.4 Å². The maximum absolute atomic E-state index is 4.38. The molecule has 5 rings (SSSR count). The van der Waals surface area contributed by atoms with E-state index in [0.29, 0.717) is 6.04 Å². The van der Waals surface area contributed by atoms with E-state index in [9.17, 15) is 0 Å². The zero-order valence-corrected chi connectivity index (χ0v) is 14.0. The molecule has 4 aromatic rings. The van der Waals surface area contributed by atoms with E-state index in [1.165, 1.54) is 47.7 Å². The molecular weight excluding hydrogens is 308 g/mol. The number of hydrogen-bond acceptors (Lipinski definition) is 2. The topological polar surface area (TPSA) is 46.5 Å². The van der Waals surface area contributed by atoms with Gasteiger partial charge in [-0.1, -0.05) is 49.2 Å². The summed E-state index contributed by atoms with van der Waals surface area (Å²) in [6.07, 6.45) is 8.95. The van der Waals surface area contributed by atoms with E-state index in [1.54, 1.807) is 0 Å². The molecule has 2 aromatic heterocycles. The van der Waals surface area contributed by atoms with Crippen molar-refractivity contribution in [1.82, 2.24) is 19.7 Å². The molecule has 0 unspecified atom stereocenters. The van der Waals surface area contributed by atoms with Gasteiger partial charge in [0.2, 0.25) is 0 Å². The predicted octanol–water partition coefficient (Wildman–Crippen LogP) is 5.21. The highest BCUT2D eigenvalue weighted by Crippen LogP contribution is 2.33. The van der Waals surface area contributed by atoms with Gasteiger partial charge in [-0.15, -0.1) is 10.2 Å². The summed E-state index contributed by atoms with van der Waals surface area (Å²) in [4.78, 5) is 3.28. The number of rotatable bonds is 3. The van der Waals surface area contributed by atoms with Crippen molar-refractivity contribution in [2.24, 2.45) is 0 Å².